The van der Waals surface area contributed by atoms with Gasteiger partial charge in [0.2, 0.25) is 5.89 Å². The van der Waals surface area contributed by atoms with Crippen LogP contribution in [0.5, 0.6) is 0 Å². The molecule has 172 valence electrons. The van der Waals surface area contributed by atoms with Crippen molar-refractivity contribution in [2.45, 2.75) is 90.7 Å². The van der Waals surface area contributed by atoms with E-state index in [0.29, 0.717) is 36.1 Å². The highest BCUT2D eigenvalue weighted by Gasteiger charge is 2.59. The van der Waals surface area contributed by atoms with Crippen LogP contribution in [0.25, 0.3) is 0 Å². The van der Waals surface area contributed by atoms with Gasteiger partial charge in [-0.1, -0.05) is 24.2 Å². The van der Waals surface area contributed by atoms with Crippen LogP contribution in [0.3, 0.4) is 0 Å². The molecule has 0 spiro atoms. The summed E-state index contributed by atoms with van der Waals surface area (Å²) in [6.07, 6.45) is 11.2. The van der Waals surface area contributed by atoms with E-state index in [-0.39, 0.29) is 18.1 Å². The fourth-order valence-corrected chi connectivity index (χ4v) is 7.86. The molecule has 1 heterocycles. The van der Waals surface area contributed by atoms with Crippen LogP contribution in [0.4, 0.5) is 0 Å². The first-order chi connectivity index (χ1) is 14.9. The zero-order valence-electron chi connectivity index (χ0n) is 19.1. The lowest BCUT2D eigenvalue weighted by molar-refractivity contribution is -0.112. The zero-order valence-corrected chi connectivity index (χ0v) is 19.1. The third-order valence-electron chi connectivity index (χ3n) is 9.74. The molecule has 4 aliphatic rings. The summed E-state index contributed by atoms with van der Waals surface area (Å²) in [5.41, 5.74) is 7.31. The number of aliphatic hydroxyl groups excluding tert-OH is 1. The average molecular weight is 431 g/mol. The minimum atomic E-state index is -0.0831. The number of nitrogens with two attached hydrogens (primary N) is 1. The normalized spacial score (nSPS) is 43.4. The van der Waals surface area contributed by atoms with Gasteiger partial charge in [-0.3, -0.25) is 0 Å². The van der Waals surface area contributed by atoms with Crippen molar-refractivity contribution in [3.05, 3.63) is 11.7 Å². The Morgan fingerprint density at radius 2 is 1.97 bits per heavy atom. The van der Waals surface area contributed by atoms with E-state index < -0.39 is 0 Å². The summed E-state index contributed by atoms with van der Waals surface area (Å²) in [4.78, 5) is 9.82. The molecule has 4 fully saturated rings. The number of fused-ring (bicyclic) bond motifs is 5. The molecule has 3 N–H and O–H groups in total. The monoisotopic (exact) mass is 430 g/mol. The van der Waals surface area contributed by atoms with E-state index >= 15 is 0 Å². The fraction of sp³-hybridized carbons (Fsp3) is 0.875. The van der Waals surface area contributed by atoms with E-state index in [2.05, 4.69) is 29.1 Å². The quantitative estimate of drug-likeness (QED) is 0.543. The summed E-state index contributed by atoms with van der Waals surface area (Å²) in [5, 5.41) is 18.9. The molecule has 5 rings (SSSR count). The van der Waals surface area contributed by atoms with Crippen LogP contribution in [0.15, 0.2) is 9.68 Å². The molecule has 7 heteroatoms. The molecule has 0 aliphatic heterocycles. The predicted molar refractivity (Wildman–Crippen MR) is 117 cm³/mol. The second kappa shape index (κ2) is 8.14. The second-order valence-electron chi connectivity index (χ2n) is 11.0. The highest BCUT2D eigenvalue weighted by Crippen LogP contribution is 2.65. The van der Waals surface area contributed by atoms with Crippen LogP contribution in [0.1, 0.15) is 83.3 Å². The van der Waals surface area contributed by atoms with Gasteiger partial charge in [0.25, 0.3) is 0 Å². The number of hydrogen-bond acceptors (Lipinski definition) is 7. The lowest BCUT2D eigenvalue weighted by Gasteiger charge is -2.60. The number of oxime groups is 1. The molecule has 31 heavy (non-hydrogen) atoms. The van der Waals surface area contributed by atoms with E-state index in [1.54, 1.807) is 0 Å². The number of rotatable bonds is 5. The van der Waals surface area contributed by atoms with Crippen LogP contribution in [-0.4, -0.2) is 33.7 Å². The molecule has 0 aromatic carbocycles. The van der Waals surface area contributed by atoms with Crippen LogP contribution < -0.4 is 5.73 Å². The van der Waals surface area contributed by atoms with Crippen molar-refractivity contribution in [2.75, 3.05) is 6.61 Å². The average Bonchev–Trinajstić information content (AvgIpc) is 3.35. The largest absolute Gasteiger partial charge is 0.395 e. The van der Waals surface area contributed by atoms with Crippen LogP contribution >= 0.6 is 0 Å². The van der Waals surface area contributed by atoms with Gasteiger partial charge in [-0.25, -0.2) is 0 Å². The fourth-order valence-electron chi connectivity index (χ4n) is 7.86. The first-order valence-electron chi connectivity index (χ1n) is 12.3. The standard InChI is InChI=1S/C24H38N4O3/c1-23-10-7-16(27-30-12-9-22-26-21(14-25)28-31-22)13-15(23)3-4-17-18-5-6-20(29)24(18,2)11-8-19(17)23/h15,17-20,29H,3-14,25H2,1-2H3. The number of aromatic nitrogens is 2. The van der Waals surface area contributed by atoms with Gasteiger partial charge in [-0.2, -0.15) is 4.98 Å². The summed E-state index contributed by atoms with van der Waals surface area (Å²) in [6, 6.07) is 0. The SMILES string of the molecule is CC12CCC3C(CCC4CC(=NOCCc5nc(CN)no5)CCC43C)C1CCC2O. The van der Waals surface area contributed by atoms with Crippen LogP contribution in [-0.2, 0) is 17.8 Å². The van der Waals surface area contributed by atoms with Gasteiger partial charge in [-0.15, -0.1) is 0 Å². The van der Waals surface area contributed by atoms with Crippen molar-refractivity contribution >= 4 is 5.71 Å². The Balaban J connectivity index is 1.19. The maximum Gasteiger partial charge on any atom is 0.230 e. The Labute approximate surface area is 185 Å². The number of aliphatic hydroxyl groups is 1. The van der Waals surface area contributed by atoms with E-state index in [4.69, 9.17) is 15.1 Å². The first-order valence-corrected chi connectivity index (χ1v) is 12.3. The first kappa shape index (κ1) is 21.4. The Morgan fingerprint density at radius 3 is 2.77 bits per heavy atom. The van der Waals surface area contributed by atoms with Gasteiger partial charge in [0.05, 0.1) is 24.8 Å². The lowest BCUT2D eigenvalue weighted by Crippen LogP contribution is -2.54. The maximum absolute atomic E-state index is 10.6. The van der Waals surface area contributed by atoms with Crippen molar-refractivity contribution in [3.63, 3.8) is 0 Å². The Kier molecular flexibility index (Phi) is 5.62. The van der Waals surface area contributed by atoms with Crippen molar-refractivity contribution in [1.29, 1.82) is 0 Å². The Hall–Kier alpha value is -1.47. The van der Waals surface area contributed by atoms with Crippen LogP contribution in [0, 0.1) is 34.5 Å². The topological polar surface area (TPSA) is 107 Å². The summed E-state index contributed by atoms with van der Waals surface area (Å²) in [7, 11) is 0. The molecule has 0 radical (unpaired) electrons. The van der Waals surface area contributed by atoms with E-state index in [0.717, 1.165) is 37.0 Å². The highest BCUT2D eigenvalue weighted by molar-refractivity contribution is 5.85. The minimum absolute atomic E-state index is 0.0831. The maximum atomic E-state index is 10.6. The Morgan fingerprint density at radius 1 is 1.13 bits per heavy atom. The molecule has 7 atom stereocenters. The molecule has 1 aromatic rings. The van der Waals surface area contributed by atoms with Gasteiger partial charge in [0, 0.05) is 0 Å². The molecule has 4 aliphatic carbocycles. The molecule has 0 saturated heterocycles. The van der Waals surface area contributed by atoms with Crippen molar-refractivity contribution < 1.29 is 14.5 Å². The molecular weight excluding hydrogens is 392 g/mol. The highest BCUT2D eigenvalue weighted by atomic mass is 16.6. The smallest absolute Gasteiger partial charge is 0.230 e. The molecule has 1 aromatic heterocycles. The molecular formula is C24H38N4O3. The van der Waals surface area contributed by atoms with E-state index in [9.17, 15) is 5.11 Å². The van der Waals surface area contributed by atoms with Crippen molar-refractivity contribution in [1.82, 2.24) is 10.1 Å². The molecule has 7 unspecified atom stereocenters. The molecule has 0 bridgehead atoms. The van der Waals surface area contributed by atoms with Gasteiger partial charge >= 0.3 is 0 Å². The summed E-state index contributed by atoms with van der Waals surface area (Å²) >= 11 is 0. The summed E-state index contributed by atoms with van der Waals surface area (Å²) in [6.45, 7) is 5.67. The number of nitrogens with zero attached hydrogens (tertiary/aromatic N) is 3. The third kappa shape index (κ3) is 3.62. The molecule has 7 nitrogen and oxygen atoms in total. The van der Waals surface area contributed by atoms with Gasteiger partial charge in [0.1, 0.15) is 6.61 Å². The predicted octanol–water partition coefficient (Wildman–Crippen LogP) is 3.85. The zero-order chi connectivity index (χ0) is 21.6. The Bertz CT molecular complexity index is 826. The van der Waals surface area contributed by atoms with Crippen LogP contribution in [0.2, 0.25) is 0 Å². The summed E-state index contributed by atoms with van der Waals surface area (Å²) < 4.78 is 5.14. The van der Waals surface area contributed by atoms with Gasteiger partial charge in [-0.05, 0) is 92.3 Å². The molecule has 4 saturated carbocycles. The minimum Gasteiger partial charge on any atom is -0.395 e. The third-order valence-corrected chi connectivity index (χ3v) is 9.74. The van der Waals surface area contributed by atoms with E-state index in [1.807, 2.05) is 0 Å². The van der Waals surface area contributed by atoms with Gasteiger partial charge in [0.15, 0.2) is 5.82 Å². The van der Waals surface area contributed by atoms with Crippen molar-refractivity contribution in [3.8, 4) is 0 Å². The van der Waals surface area contributed by atoms with Crippen molar-refractivity contribution in [2.24, 2.45) is 45.4 Å². The number of hydrogen-bond donors (Lipinski definition) is 2. The van der Waals surface area contributed by atoms with Gasteiger partial charge < -0.3 is 20.2 Å². The molecule has 0 amide bonds. The lowest BCUT2D eigenvalue weighted by atomic mass is 9.45. The van der Waals surface area contributed by atoms with E-state index in [1.165, 1.54) is 44.2 Å². The summed E-state index contributed by atoms with van der Waals surface area (Å²) in [5.74, 6) is 4.13. The second-order valence-corrected chi connectivity index (χ2v) is 11.0.